The average Bonchev–Trinajstić information content (AvgIpc) is 3.88. The maximum atomic E-state index is 2.56. The van der Waals surface area contributed by atoms with Crippen molar-refractivity contribution in [3.8, 4) is 66.8 Å². The van der Waals surface area contributed by atoms with Crippen molar-refractivity contribution in [2.45, 2.75) is 51.4 Å². The van der Waals surface area contributed by atoms with Crippen molar-refractivity contribution in [1.82, 2.24) is 0 Å². The molecule has 3 aliphatic rings. The summed E-state index contributed by atoms with van der Waals surface area (Å²) in [7, 11) is -2.58. The lowest BCUT2D eigenvalue weighted by molar-refractivity contribution is 0.333. The van der Waals surface area contributed by atoms with Gasteiger partial charge >= 0.3 is 0 Å². The molecule has 10 aromatic rings. The maximum absolute atomic E-state index is 2.58. The van der Waals surface area contributed by atoms with E-state index in [-0.39, 0.29) is 10.8 Å². The predicted octanol–water partition coefficient (Wildman–Crippen LogP) is 15.5. The largest absolute Gasteiger partial charge is 0.310 e. The van der Waals surface area contributed by atoms with Crippen molar-refractivity contribution >= 4 is 45.9 Å². The van der Waals surface area contributed by atoms with Crippen molar-refractivity contribution in [1.29, 1.82) is 0 Å². The summed E-state index contributed by atoms with van der Waals surface area (Å²) in [5, 5.41) is 6.00. The third-order valence-electron chi connectivity index (χ3n) is 16.1. The van der Waals surface area contributed by atoms with Gasteiger partial charge in [0.2, 0.25) is 0 Å². The lowest BCUT2D eigenvalue weighted by atomic mass is 9.61. The number of hydrogen-bond acceptors (Lipinski definition) is 1. The molecule has 2 heterocycles. The van der Waals surface area contributed by atoms with Gasteiger partial charge in [0.25, 0.3) is 0 Å². The molecule has 2 heteroatoms. The van der Waals surface area contributed by atoms with Gasteiger partial charge in [-0.1, -0.05) is 228 Å². The van der Waals surface area contributed by atoms with E-state index in [0.717, 1.165) is 23.5 Å². The fraction of sp³-hybridized carbons (Fsp3) is 0.118. The van der Waals surface area contributed by atoms with Gasteiger partial charge < -0.3 is 4.90 Å². The number of rotatable bonds is 7. The second kappa shape index (κ2) is 16.2. The van der Waals surface area contributed by atoms with Crippen molar-refractivity contribution in [3.63, 3.8) is 0 Å². The number of anilines is 3. The number of hydrogen-bond donors (Lipinski definition) is 0. The summed E-state index contributed by atoms with van der Waals surface area (Å²) in [4.78, 5) is 2.52. The Balaban J connectivity index is 1.00. The molecular weight excluding hydrogens is 859 g/mol. The minimum Gasteiger partial charge on any atom is -0.310 e. The molecule has 2 aliphatic heterocycles. The Morgan fingerprint density at radius 1 is 0.314 bits per heavy atom. The summed E-state index contributed by atoms with van der Waals surface area (Å²) >= 11 is 0. The van der Waals surface area contributed by atoms with Crippen LogP contribution in [0.1, 0.15) is 51.7 Å². The molecule has 1 nitrogen and oxygen atoms in total. The molecule has 10 aromatic carbocycles. The Morgan fingerprint density at radius 2 is 0.771 bits per heavy atom. The first-order chi connectivity index (χ1) is 34.2. The lowest BCUT2D eigenvalue weighted by Crippen LogP contribution is -2.70. The van der Waals surface area contributed by atoms with Crippen LogP contribution in [0.3, 0.4) is 0 Å². The van der Waals surface area contributed by atoms with Gasteiger partial charge in [0.05, 0.1) is 5.69 Å². The molecule has 0 atom stereocenters. The zero-order chi connectivity index (χ0) is 47.2. The summed E-state index contributed by atoms with van der Waals surface area (Å²) in [6.07, 6.45) is 2.32. The maximum Gasteiger partial charge on any atom is 0.182 e. The first-order valence-electron chi connectivity index (χ1n) is 25.0. The normalized spacial score (nSPS) is 15.1. The van der Waals surface area contributed by atoms with Gasteiger partial charge in [-0.3, -0.25) is 0 Å². The van der Waals surface area contributed by atoms with Crippen LogP contribution in [0, 0.1) is 0 Å². The van der Waals surface area contributed by atoms with E-state index < -0.39 is 8.07 Å². The molecular formula is C68H55NSi. The quantitative estimate of drug-likeness (QED) is 0.144. The van der Waals surface area contributed by atoms with Crippen LogP contribution in [0.4, 0.5) is 17.1 Å². The van der Waals surface area contributed by atoms with Crippen LogP contribution < -0.4 is 25.6 Å². The van der Waals surface area contributed by atoms with E-state index in [1.807, 2.05) is 0 Å². The van der Waals surface area contributed by atoms with Gasteiger partial charge in [0.1, 0.15) is 0 Å². The van der Waals surface area contributed by atoms with Crippen LogP contribution in [0.2, 0.25) is 0 Å². The third kappa shape index (κ3) is 6.50. The molecule has 0 fully saturated rings. The average molecular weight is 914 g/mol. The summed E-state index contributed by atoms with van der Waals surface area (Å²) in [5.41, 5.74) is 21.8. The standard InChI is InChI=1S/C68H55NSi/c1-67(2)40-41-68(3,4)66-59(28-19-29-60(66)67)54-24-11-15-30-61(54)69(53-43-50(46-20-7-5-8-21-46)42-51(44-53)47-22-9-6-10-23-47)52-37-34-48(35-38-52)49-36-39-58-57-27-14-18-33-64(57)70(65(58)45-49)62-31-16-12-25-55(62)56-26-13-17-32-63(56)70/h5-39,42-45H,40-41H2,1-4H3. The first kappa shape index (κ1) is 42.3. The van der Waals surface area contributed by atoms with Crippen molar-refractivity contribution in [2.75, 3.05) is 4.90 Å². The van der Waals surface area contributed by atoms with Crippen LogP contribution in [-0.2, 0) is 10.8 Å². The number of fused-ring (bicyclic) bond motifs is 11. The topological polar surface area (TPSA) is 3.24 Å². The summed E-state index contributed by atoms with van der Waals surface area (Å²) in [6, 6.07) is 89.4. The molecule has 0 amide bonds. The fourth-order valence-electron chi connectivity index (χ4n) is 12.7. The Hall–Kier alpha value is -7.78. The van der Waals surface area contributed by atoms with Crippen LogP contribution in [0.15, 0.2) is 237 Å². The van der Waals surface area contributed by atoms with Gasteiger partial charge in [-0.05, 0) is 153 Å². The van der Waals surface area contributed by atoms with Crippen molar-refractivity contribution in [2.24, 2.45) is 0 Å². The monoisotopic (exact) mass is 913 g/mol. The highest BCUT2D eigenvalue weighted by Crippen LogP contribution is 2.52. The summed E-state index contributed by atoms with van der Waals surface area (Å²) in [6.45, 7) is 9.76. The Morgan fingerprint density at radius 3 is 1.36 bits per heavy atom. The Kier molecular flexibility index (Phi) is 9.77. The first-order valence-corrected chi connectivity index (χ1v) is 27.0. The lowest BCUT2D eigenvalue weighted by Gasteiger charge is -2.43. The molecule has 0 saturated heterocycles. The van der Waals surface area contributed by atoms with Crippen molar-refractivity contribution < 1.29 is 0 Å². The second-order valence-corrected chi connectivity index (χ2v) is 24.7. The van der Waals surface area contributed by atoms with Gasteiger partial charge in [-0.2, -0.15) is 0 Å². The predicted molar refractivity (Wildman–Crippen MR) is 300 cm³/mol. The molecule has 1 spiro atoms. The van der Waals surface area contributed by atoms with E-state index in [0.29, 0.717) is 0 Å². The van der Waals surface area contributed by atoms with Gasteiger partial charge in [0, 0.05) is 16.9 Å². The van der Waals surface area contributed by atoms with Gasteiger partial charge in [-0.15, -0.1) is 0 Å². The molecule has 1 aliphatic carbocycles. The zero-order valence-corrected chi connectivity index (χ0v) is 41.4. The summed E-state index contributed by atoms with van der Waals surface area (Å²) in [5.74, 6) is 0. The number of para-hydroxylation sites is 1. The minimum atomic E-state index is -2.58. The van der Waals surface area contributed by atoms with Crippen molar-refractivity contribution in [3.05, 3.63) is 248 Å². The fourth-order valence-corrected chi connectivity index (χ4v) is 18.3. The van der Waals surface area contributed by atoms with E-state index in [1.54, 1.807) is 0 Å². The third-order valence-corrected chi connectivity index (χ3v) is 21.1. The van der Waals surface area contributed by atoms with Crippen LogP contribution in [0.25, 0.3) is 66.8 Å². The highest BCUT2D eigenvalue weighted by atomic mass is 28.3. The highest BCUT2D eigenvalue weighted by molar-refractivity contribution is 7.24. The van der Waals surface area contributed by atoms with Gasteiger partial charge in [-0.25, -0.2) is 0 Å². The molecule has 70 heavy (non-hydrogen) atoms. The number of benzene rings is 10. The highest BCUT2D eigenvalue weighted by Gasteiger charge is 2.53. The smallest absolute Gasteiger partial charge is 0.182 e. The van der Waals surface area contributed by atoms with E-state index in [1.165, 1.54) is 105 Å². The number of nitrogens with zero attached hydrogens (tertiary/aromatic N) is 1. The zero-order valence-electron chi connectivity index (χ0n) is 40.4. The molecule has 0 N–H and O–H groups in total. The molecule has 13 rings (SSSR count). The Bertz CT molecular complexity index is 3540. The second-order valence-electron chi connectivity index (χ2n) is 21.0. The summed E-state index contributed by atoms with van der Waals surface area (Å²) < 4.78 is 0. The van der Waals surface area contributed by atoms with E-state index >= 15 is 0 Å². The SMILES string of the molecule is CC1(C)CCC(C)(C)c2c(-c3ccccc3N(c3ccc(-c4ccc5c(c4)[Si]4(c6ccccc6-c6ccccc64)c4ccccc4-5)cc3)c3cc(-c4ccccc4)cc(-c4ccccc4)c3)cccc21. The van der Waals surface area contributed by atoms with Crippen LogP contribution in [0.5, 0.6) is 0 Å². The molecule has 0 bridgehead atoms. The molecule has 0 radical (unpaired) electrons. The molecule has 0 saturated carbocycles. The Labute approximate surface area is 414 Å². The van der Waals surface area contributed by atoms with Crippen LogP contribution in [-0.4, -0.2) is 8.07 Å². The van der Waals surface area contributed by atoms with Crippen LogP contribution >= 0.6 is 0 Å². The molecule has 0 aromatic heterocycles. The molecule has 336 valence electrons. The van der Waals surface area contributed by atoms with Gasteiger partial charge in [0.15, 0.2) is 8.07 Å². The minimum absolute atomic E-state index is 0.0239. The molecule has 0 unspecified atom stereocenters. The van der Waals surface area contributed by atoms with E-state index in [4.69, 9.17) is 0 Å². The van der Waals surface area contributed by atoms with E-state index in [9.17, 15) is 0 Å². The van der Waals surface area contributed by atoms with E-state index in [2.05, 4.69) is 269 Å².